The molecule has 0 aliphatic heterocycles. The normalized spacial score (nSPS) is 19.7. The summed E-state index contributed by atoms with van der Waals surface area (Å²) in [6.45, 7) is 1.88. The van der Waals surface area contributed by atoms with Gasteiger partial charge in [0.2, 0.25) is 0 Å². The van der Waals surface area contributed by atoms with E-state index in [4.69, 9.17) is 0 Å². The van der Waals surface area contributed by atoms with Crippen LogP contribution < -0.4 is 0 Å². The van der Waals surface area contributed by atoms with Crippen molar-refractivity contribution in [3.8, 4) is 0 Å². The molecule has 18 heavy (non-hydrogen) atoms. The van der Waals surface area contributed by atoms with Crippen molar-refractivity contribution < 1.29 is 4.79 Å². The highest BCUT2D eigenvalue weighted by Gasteiger charge is 2.31. The first kappa shape index (κ1) is 13.8. The zero-order chi connectivity index (χ0) is 12.8. The van der Waals surface area contributed by atoms with Crippen molar-refractivity contribution in [2.75, 3.05) is 13.6 Å². The summed E-state index contributed by atoms with van der Waals surface area (Å²) >= 11 is 1.79. The molecule has 0 unspecified atom stereocenters. The molecule has 0 atom stereocenters. The predicted octanol–water partition coefficient (Wildman–Crippen LogP) is 3.72. The maximum absolute atomic E-state index is 11.5. The van der Waals surface area contributed by atoms with E-state index in [1.807, 2.05) is 0 Å². The SMILES string of the molecule is CN(Cc1cccs1)CC1(C=O)CCCCCC1. The Kier molecular flexibility index (Phi) is 4.95. The summed E-state index contributed by atoms with van der Waals surface area (Å²) in [6.07, 6.45) is 8.41. The van der Waals surface area contributed by atoms with Crippen LogP contribution in [0.25, 0.3) is 0 Å². The van der Waals surface area contributed by atoms with Crippen LogP contribution in [0, 0.1) is 5.41 Å². The minimum atomic E-state index is -0.0808. The van der Waals surface area contributed by atoms with Gasteiger partial charge in [-0.15, -0.1) is 11.3 Å². The van der Waals surface area contributed by atoms with Crippen molar-refractivity contribution in [1.29, 1.82) is 0 Å². The van der Waals surface area contributed by atoms with Gasteiger partial charge in [0.25, 0.3) is 0 Å². The third kappa shape index (κ3) is 3.66. The molecule has 1 fully saturated rings. The summed E-state index contributed by atoms with van der Waals surface area (Å²) in [4.78, 5) is 15.2. The average molecular weight is 265 g/mol. The predicted molar refractivity (Wildman–Crippen MR) is 76.9 cm³/mol. The lowest BCUT2D eigenvalue weighted by Crippen LogP contribution is -2.36. The molecule has 0 radical (unpaired) electrons. The second kappa shape index (κ2) is 6.48. The van der Waals surface area contributed by atoms with Crippen LogP contribution in [0.3, 0.4) is 0 Å². The zero-order valence-corrected chi connectivity index (χ0v) is 12.0. The Hall–Kier alpha value is -0.670. The number of rotatable bonds is 5. The fourth-order valence-electron chi connectivity index (χ4n) is 3.01. The van der Waals surface area contributed by atoms with Gasteiger partial charge in [0, 0.05) is 23.4 Å². The van der Waals surface area contributed by atoms with Crippen molar-refractivity contribution in [2.45, 2.75) is 45.1 Å². The highest BCUT2D eigenvalue weighted by molar-refractivity contribution is 7.09. The summed E-state index contributed by atoms with van der Waals surface area (Å²) in [5, 5.41) is 2.12. The summed E-state index contributed by atoms with van der Waals surface area (Å²) in [5.74, 6) is 0. The third-order valence-corrected chi connectivity index (χ3v) is 4.80. The summed E-state index contributed by atoms with van der Waals surface area (Å²) in [7, 11) is 2.13. The second-order valence-corrected chi connectivity index (χ2v) is 6.68. The minimum absolute atomic E-state index is 0.0808. The zero-order valence-electron chi connectivity index (χ0n) is 11.2. The fourth-order valence-corrected chi connectivity index (χ4v) is 3.79. The molecule has 1 heterocycles. The van der Waals surface area contributed by atoms with E-state index in [1.165, 1.54) is 36.8 Å². The van der Waals surface area contributed by atoms with Gasteiger partial charge >= 0.3 is 0 Å². The molecule has 0 N–H and O–H groups in total. The molecule has 1 aromatic rings. The number of carbonyl (C=O) groups is 1. The molecule has 1 aromatic heterocycles. The van der Waals surface area contributed by atoms with Gasteiger partial charge in [0.15, 0.2) is 0 Å². The van der Waals surface area contributed by atoms with Gasteiger partial charge in [-0.25, -0.2) is 0 Å². The van der Waals surface area contributed by atoms with Gasteiger partial charge in [-0.1, -0.05) is 31.7 Å². The van der Waals surface area contributed by atoms with Crippen molar-refractivity contribution in [2.24, 2.45) is 5.41 Å². The molecule has 0 bridgehead atoms. The molecular weight excluding hydrogens is 242 g/mol. The third-order valence-electron chi connectivity index (χ3n) is 3.94. The molecule has 1 saturated carbocycles. The van der Waals surface area contributed by atoms with Gasteiger partial charge in [-0.2, -0.15) is 0 Å². The van der Waals surface area contributed by atoms with E-state index in [0.717, 1.165) is 25.9 Å². The molecule has 1 aliphatic rings. The molecule has 2 nitrogen and oxygen atoms in total. The van der Waals surface area contributed by atoms with Crippen molar-refractivity contribution in [3.05, 3.63) is 22.4 Å². The molecule has 2 rings (SSSR count). The molecule has 0 spiro atoms. The van der Waals surface area contributed by atoms with E-state index >= 15 is 0 Å². The van der Waals surface area contributed by atoms with Gasteiger partial charge < -0.3 is 9.69 Å². The molecular formula is C15H23NOS. The Balaban J connectivity index is 1.94. The topological polar surface area (TPSA) is 20.3 Å². The number of thiophene rings is 1. The lowest BCUT2D eigenvalue weighted by molar-refractivity contribution is -0.118. The molecule has 0 aromatic carbocycles. The smallest absolute Gasteiger partial charge is 0.127 e. The Morgan fingerprint density at radius 3 is 2.61 bits per heavy atom. The van der Waals surface area contributed by atoms with E-state index in [9.17, 15) is 4.79 Å². The number of carbonyl (C=O) groups excluding carboxylic acids is 1. The number of aldehydes is 1. The number of nitrogens with zero attached hydrogens (tertiary/aromatic N) is 1. The summed E-state index contributed by atoms with van der Waals surface area (Å²) < 4.78 is 0. The van der Waals surface area contributed by atoms with Crippen LogP contribution in [0.15, 0.2) is 17.5 Å². The minimum Gasteiger partial charge on any atom is -0.303 e. The van der Waals surface area contributed by atoms with Gasteiger partial charge in [-0.05, 0) is 31.3 Å². The number of hydrogen-bond acceptors (Lipinski definition) is 3. The van der Waals surface area contributed by atoms with Crippen LogP contribution in [0.2, 0.25) is 0 Å². The van der Waals surface area contributed by atoms with Crippen LogP contribution in [0.1, 0.15) is 43.4 Å². The van der Waals surface area contributed by atoms with Crippen molar-refractivity contribution in [3.63, 3.8) is 0 Å². The van der Waals surface area contributed by atoms with Crippen LogP contribution >= 0.6 is 11.3 Å². The molecule has 0 saturated heterocycles. The highest BCUT2D eigenvalue weighted by Crippen LogP contribution is 2.34. The Labute approximate surface area is 114 Å². The van der Waals surface area contributed by atoms with Gasteiger partial charge in [0.05, 0.1) is 0 Å². The quantitative estimate of drug-likeness (QED) is 0.597. The van der Waals surface area contributed by atoms with Crippen LogP contribution in [-0.4, -0.2) is 24.8 Å². The Morgan fingerprint density at radius 2 is 2.06 bits per heavy atom. The lowest BCUT2D eigenvalue weighted by atomic mass is 9.81. The van der Waals surface area contributed by atoms with Crippen LogP contribution in [0.4, 0.5) is 0 Å². The maximum Gasteiger partial charge on any atom is 0.127 e. The summed E-state index contributed by atoms with van der Waals surface area (Å²) in [6, 6.07) is 4.26. The van der Waals surface area contributed by atoms with Crippen LogP contribution in [0.5, 0.6) is 0 Å². The van der Waals surface area contributed by atoms with Gasteiger partial charge in [0.1, 0.15) is 6.29 Å². The molecule has 0 amide bonds. The highest BCUT2D eigenvalue weighted by atomic mass is 32.1. The largest absolute Gasteiger partial charge is 0.303 e. The van der Waals surface area contributed by atoms with Crippen LogP contribution in [-0.2, 0) is 11.3 Å². The molecule has 100 valence electrons. The van der Waals surface area contributed by atoms with E-state index < -0.39 is 0 Å². The second-order valence-electron chi connectivity index (χ2n) is 5.65. The monoisotopic (exact) mass is 265 g/mol. The Bertz CT molecular complexity index is 353. The summed E-state index contributed by atoms with van der Waals surface area (Å²) in [5.41, 5.74) is -0.0808. The van der Waals surface area contributed by atoms with E-state index in [-0.39, 0.29) is 5.41 Å². The van der Waals surface area contributed by atoms with Gasteiger partial charge in [-0.3, -0.25) is 0 Å². The van der Waals surface area contributed by atoms with E-state index in [1.54, 1.807) is 11.3 Å². The first-order chi connectivity index (χ1) is 8.74. The molecule has 1 aliphatic carbocycles. The van der Waals surface area contributed by atoms with E-state index in [0.29, 0.717) is 0 Å². The van der Waals surface area contributed by atoms with Crippen molar-refractivity contribution >= 4 is 17.6 Å². The lowest BCUT2D eigenvalue weighted by Gasteiger charge is -2.31. The van der Waals surface area contributed by atoms with E-state index in [2.05, 4.69) is 29.5 Å². The fraction of sp³-hybridized carbons (Fsp3) is 0.667. The van der Waals surface area contributed by atoms with Crippen molar-refractivity contribution in [1.82, 2.24) is 4.90 Å². The first-order valence-corrected chi connectivity index (χ1v) is 7.79. The Morgan fingerprint density at radius 1 is 1.33 bits per heavy atom. The average Bonchev–Trinajstić information content (AvgIpc) is 2.74. The first-order valence-electron chi connectivity index (χ1n) is 6.91. The standard InChI is InChI=1S/C15H23NOS/c1-16(11-14-7-6-10-18-14)12-15(13-17)8-4-2-3-5-9-15/h6-7,10,13H,2-5,8-9,11-12H2,1H3. The maximum atomic E-state index is 11.5. The molecule has 3 heteroatoms. The number of hydrogen-bond donors (Lipinski definition) is 0.